The van der Waals surface area contributed by atoms with Crippen LogP contribution in [0.3, 0.4) is 0 Å². The first-order chi connectivity index (χ1) is 16.3. The summed E-state index contributed by atoms with van der Waals surface area (Å²) in [6, 6.07) is 13.5. The minimum absolute atomic E-state index is 0.0930. The molecule has 3 rings (SSSR count). The third-order valence-electron chi connectivity index (χ3n) is 5.67. The summed E-state index contributed by atoms with van der Waals surface area (Å²) in [7, 11) is -3.67. The van der Waals surface area contributed by atoms with Gasteiger partial charge in [-0.25, -0.2) is 0 Å². The predicted octanol–water partition coefficient (Wildman–Crippen LogP) is 2.77. The fourth-order valence-corrected chi connectivity index (χ4v) is 5.10. The van der Waals surface area contributed by atoms with Gasteiger partial charge in [-0.3, -0.25) is 4.90 Å². The van der Waals surface area contributed by atoms with Gasteiger partial charge in [0.25, 0.3) is 0 Å². The van der Waals surface area contributed by atoms with Crippen LogP contribution in [0.25, 0.3) is 0 Å². The Morgan fingerprint density at radius 1 is 1.12 bits per heavy atom. The highest BCUT2D eigenvalue weighted by Gasteiger charge is 2.35. The summed E-state index contributed by atoms with van der Waals surface area (Å²) in [6.45, 7) is 7.65. The molecule has 0 N–H and O–H groups in total. The Hall–Kier alpha value is -2.14. The molecular formula is C24H34N3O5S2+. The van der Waals surface area contributed by atoms with Crippen molar-refractivity contribution < 1.29 is 27.0 Å². The van der Waals surface area contributed by atoms with E-state index in [1.807, 2.05) is 0 Å². The lowest BCUT2D eigenvalue weighted by molar-refractivity contribution is -0.856. The van der Waals surface area contributed by atoms with E-state index >= 15 is 0 Å². The second-order valence-corrected chi connectivity index (χ2v) is 11.0. The summed E-state index contributed by atoms with van der Waals surface area (Å²) < 4.78 is 36.1. The Labute approximate surface area is 207 Å². The lowest BCUT2D eigenvalue weighted by Gasteiger charge is -2.41. The second kappa shape index (κ2) is 12.5. The van der Waals surface area contributed by atoms with Gasteiger partial charge in [-0.1, -0.05) is 23.4 Å². The quantitative estimate of drug-likeness (QED) is 0.143. The van der Waals surface area contributed by atoms with E-state index in [2.05, 4.69) is 54.4 Å². The number of hydrogen-bond acceptors (Lipinski definition) is 8. The number of benzene rings is 1. The van der Waals surface area contributed by atoms with Crippen LogP contribution in [0, 0.1) is 0 Å². The third-order valence-corrected chi connectivity index (χ3v) is 7.60. The number of pyridine rings is 1. The maximum absolute atomic E-state index is 12.2. The molecule has 34 heavy (non-hydrogen) atoms. The van der Waals surface area contributed by atoms with Crippen LogP contribution in [0.5, 0.6) is 0 Å². The number of rotatable bonds is 12. The molecule has 0 radical (unpaired) electrons. The average molecular weight is 509 g/mol. The number of aromatic nitrogens is 1. The summed E-state index contributed by atoms with van der Waals surface area (Å²) >= 11 is 1.70. The Balaban J connectivity index is 1.60. The van der Waals surface area contributed by atoms with Crippen LogP contribution in [0.15, 0.2) is 64.9 Å². The first-order valence-electron chi connectivity index (χ1n) is 11.4. The predicted molar refractivity (Wildman–Crippen MR) is 133 cm³/mol. The summed E-state index contributed by atoms with van der Waals surface area (Å²) in [6.07, 6.45) is 6.09. The van der Waals surface area contributed by atoms with E-state index in [4.69, 9.17) is 13.9 Å². The molecule has 0 saturated carbocycles. The van der Waals surface area contributed by atoms with Crippen molar-refractivity contribution in [1.82, 2.24) is 4.90 Å². The van der Waals surface area contributed by atoms with E-state index < -0.39 is 10.1 Å². The van der Waals surface area contributed by atoms with Gasteiger partial charge in [-0.2, -0.15) is 8.42 Å². The number of morpholine rings is 1. The molecule has 0 spiro atoms. The molecule has 1 fully saturated rings. The molecule has 1 aromatic carbocycles. The molecule has 2 aromatic rings. The van der Waals surface area contributed by atoms with Crippen LogP contribution in [-0.4, -0.2) is 69.5 Å². The van der Waals surface area contributed by atoms with Crippen LogP contribution in [-0.2, 0) is 19.7 Å². The van der Waals surface area contributed by atoms with Crippen molar-refractivity contribution in [3.63, 3.8) is 0 Å². The summed E-state index contributed by atoms with van der Waals surface area (Å²) in [5.74, 6) is -0.0930. The Morgan fingerprint density at radius 2 is 1.79 bits per heavy atom. The molecule has 1 aromatic heterocycles. The molecule has 2 heterocycles. The highest BCUT2D eigenvalue weighted by molar-refractivity contribution is 7.98. The number of unbranched alkanes of at least 4 members (excludes halogenated alkanes) is 1. The van der Waals surface area contributed by atoms with Gasteiger partial charge in [0, 0.05) is 40.4 Å². The van der Waals surface area contributed by atoms with Gasteiger partial charge in [-0.05, 0) is 45.1 Å². The van der Waals surface area contributed by atoms with Crippen LogP contribution in [0.2, 0.25) is 0 Å². The van der Waals surface area contributed by atoms with Gasteiger partial charge in [-0.15, -0.1) is 16.0 Å². The molecule has 0 atom stereocenters. The molecule has 0 aliphatic carbocycles. The Kier molecular flexibility index (Phi) is 9.75. The first-order valence-corrected chi connectivity index (χ1v) is 14.2. The minimum Gasteiger partial charge on any atom is -0.396 e. The van der Waals surface area contributed by atoms with E-state index in [-0.39, 0.29) is 11.3 Å². The molecular weight excluding hydrogens is 474 g/mol. The van der Waals surface area contributed by atoms with Crippen LogP contribution in [0.1, 0.15) is 32.3 Å². The molecule has 0 bridgehead atoms. The van der Waals surface area contributed by atoms with E-state index in [1.165, 1.54) is 9.63 Å². The van der Waals surface area contributed by atoms with Gasteiger partial charge in [0.1, 0.15) is 12.3 Å². The summed E-state index contributed by atoms with van der Waals surface area (Å²) in [4.78, 5) is 9.24. The SMILES string of the molecule is CSc1ccc(C(=NOCCCCS(=O)(=O)O[n+]2ccccc2)C(C)(C)N2CCOCC2)cc1. The maximum atomic E-state index is 12.2. The maximum Gasteiger partial charge on any atom is 0.367 e. The van der Waals surface area contributed by atoms with Crippen molar-refractivity contribution in [2.24, 2.45) is 5.16 Å². The second-order valence-electron chi connectivity index (χ2n) is 8.44. The van der Waals surface area contributed by atoms with Gasteiger partial charge in [0.2, 0.25) is 12.4 Å². The number of nitrogens with zero attached hydrogens (tertiary/aromatic N) is 3. The van der Waals surface area contributed by atoms with Gasteiger partial charge in [0.05, 0.1) is 24.5 Å². The van der Waals surface area contributed by atoms with E-state index in [0.717, 1.165) is 24.4 Å². The molecule has 1 saturated heterocycles. The third kappa shape index (κ3) is 7.69. The first kappa shape index (κ1) is 26.5. The van der Waals surface area contributed by atoms with Crippen molar-refractivity contribution >= 4 is 27.6 Å². The Morgan fingerprint density at radius 3 is 2.44 bits per heavy atom. The van der Waals surface area contributed by atoms with E-state index in [0.29, 0.717) is 32.7 Å². The van der Waals surface area contributed by atoms with Crippen LogP contribution in [0.4, 0.5) is 0 Å². The topological polar surface area (TPSA) is 81.3 Å². The number of ether oxygens (including phenoxy) is 1. The molecule has 1 aliphatic rings. The molecule has 8 nitrogen and oxygen atoms in total. The van der Waals surface area contributed by atoms with Crippen molar-refractivity contribution in [1.29, 1.82) is 0 Å². The van der Waals surface area contributed by atoms with E-state index in [1.54, 1.807) is 42.4 Å². The largest absolute Gasteiger partial charge is 0.396 e. The summed E-state index contributed by atoms with van der Waals surface area (Å²) in [5, 5.41) is 4.54. The summed E-state index contributed by atoms with van der Waals surface area (Å²) in [5.41, 5.74) is 1.50. The highest BCUT2D eigenvalue weighted by atomic mass is 32.2. The fourth-order valence-electron chi connectivity index (χ4n) is 3.70. The van der Waals surface area contributed by atoms with Crippen molar-refractivity contribution in [2.75, 3.05) is 44.9 Å². The zero-order valence-corrected chi connectivity index (χ0v) is 21.7. The molecule has 1 aliphatic heterocycles. The lowest BCUT2D eigenvalue weighted by atomic mass is 9.90. The van der Waals surface area contributed by atoms with Gasteiger partial charge in [0.15, 0.2) is 0 Å². The van der Waals surface area contributed by atoms with Crippen molar-refractivity contribution in [3.8, 4) is 0 Å². The fraction of sp³-hybridized carbons (Fsp3) is 0.500. The monoisotopic (exact) mass is 508 g/mol. The molecule has 0 unspecified atom stereocenters. The number of oxime groups is 1. The lowest BCUT2D eigenvalue weighted by Crippen LogP contribution is -2.54. The standard InChI is InChI=1S/C24H34N3O5S2/c1-24(2,26-15-18-30-19-16-26)23(21-9-11-22(33-3)12-10-21)25-31-17-7-8-20-34(28,29)32-27-13-5-4-6-14-27/h4-6,9-14H,7-8,15-20H2,1-3H3/q+1. The molecule has 0 amide bonds. The highest BCUT2D eigenvalue weighted by Crippen LogP contribution is 2.25. The normalized spacial score (nSPS) is 15.8. The van der Waals surface area contributed by atoms with Crippen molar-refractivity contribution in [2.45, 2.75) is 37.1 Å². The average Bonchev–Trinajstić information content (AvgIpc) is 2.84. The van der Waals surface area contributed by atoms with Gasteiger partial charge < -0.3 is 9.57 Å². The number of hydrogen-bond donors (Lipinski definition) is 0. The van der Waals surface area contributed by atoms with Gasteiger partial charge >= 0.3 is 10.1 Å². The van der Waals surface area contributed by atoms with Crippen LogP contribution >= 0.6 is 11.8 Å². The molecule has 186 valence electrons. The van der Waals surface area contributed by atoms with E-state index in [9.17, 15) is 8.42 Å². The minimum atomic E-state index is -3.67. The zero-order valence-electron chi connectivity index (χ0n) is 20.1. The Bertz CT molecular complexity index is 1020. The number of thioether (sulfide) groups is 1. The van der Waals surface area contributed by atoms with Crippen LogP contribution < -0.4 is 9.01 Å². The van der Waals surface area contributed by atoms with Crippen molar-refractivity contribution in [3.05, 3.63) is 60.4 Å². The zero-order chi connectivity index (χ0) is 24.4. The molecule has 10 heteroatoms. The smallest absolute Gasteiger partial charge is 0.367 e.